The van der Waals surface area contributed by atoms with Gasteiger partial charge in [-0.1, -0.05) is 29.8 Å². The third-order valence-corrected chi connectivity index (χ3v) is 5.01. The Morgan fingerprint density at radius 1 is 1.08 bits per heavy atom. The zero-order chi connectivity index (χ0) is 17.7. The molecule has 0 radical (unpaired) electrons. The second-order valence-corrected chi connectivity index (χ2v) is 7.00. The minimum atomic E-state index is -0.0718. The van der Waals surface area contributed by atoms with Crippen LogP contribution in [0.5, 0.6) is 5.88 Å². The van der Waals surface area contributed by atoms with Crippen molar-refractivity contribution in [1.29, 1.82) is 0 Å². The van der Waals surface area contributed by atoms with E-state index in [0.717, 1.165) is 37.7 Å². The summed E-state index contributed by atoms with van der Waals surface area (Å²) in [6.45, 7) is 2.02. The molecule has 0 fully saturated rings. The van der Waals surface area contributed by atoms with Crippen LogP contribution in [0.2, 0.25) is 5.02 Å². The summed E-state index contributed by atoms with van der Waals surface area (Å²) in [6, 6.07) is 14.2. The van der Waals surface area contributed by atoms with Crippen LogP contribution >= 0.6 is 11.6 Å². The molecule has 4 nitrogen and oxygen atoms in total. The number of hydrogen-bond acceptors (Lipinski definition) is 3. The van der Waals surface area contributed by atoms with E-state index in [1.165, 1.54) is 0 Å². The number of aryl methyl sites for hydroxylation is 1. The maximum absolute atomic E-state index is 6.25. The van der Waals surface area contributed by atoms with E-state index in [2.05, 4.69) is 16.7 Å². The summed E-state index contributed by atoms with van der Waals surface area (Å²) in [4.78, 5) is 6.88. The summed E-state index contributed by atoms with van der Waals surface area (Å²) < 4.78 is 8.25. The van der Waals surface area contributed by atoms with Gasteiger partial charge in [-0.15, -0.1) is 0 Å². The van der Waals surface area contributed by atoms with Gasteiger partial charge in [0.1, 0.15) is 5.65 Å². The van der Waals surface area contributed by atoms with Crippen LogP contribution in [-0.4, -0.2) is 34.8 Å². The van der Waals surface area contributed by atoms with Crippen LogP contribution in [0.25, 0.3) is 32.7 Å². The normalized spacial score (nSPS) is 13.2. The number of ether oxygens (including phenoxy) is 1. The second kappa shape index (κ2) is 5.90. The standard InChI is InChI=1S/C20H20ClN3O/c1-12(23(2)3)25-20-15-8-6-5-7-14(15)18-16-11-13(21)9-10-17(16)24(4)19(18)22-20/h5-12H,1-4H3. The van der Waals surface area contributed by atoms with Crippen LogP contribution in [0.4, 0.5) is 0 Å². The Morgan fingerprint density at radius 3 is 2.52 bits per heavy atom. The Balaban J connectivity index is 2.11. The maximum atomic E-state index is 6.25. The minimum absolute atomic E-state index is 0.0718. The van der Waals surface area contributed by atoms with Gasteiger partial charge in [0.25, 0.3) is 0 Å². The van der Waals surface area contributed by atoms with Gasteiger partial charge in [0.15, 0.2) is 6.23 Å². The molecule has 0 N–H and O–H groups in total. The summed E-state index contributed by atoms with van der Waals surface area (Å²) in [5, 5.41) is 5.09. The Bertz CT molecular complexity index is 1100. The molecule has 2 heterocycles. The van der Waals surface area contributed by atoms with E-state index in [9.17, 15) is 0 Å². The van der Waals surface area contributed by atoms with E-state index in [1.807, 2.05) is 63.3 Å². The van der Waals surface area contributed by atoms with Gasteiger partial charge in [-0.25, -0.2) is 0 Å². The molecule has 0 amide bonds. The molecule has 1 atom stereocenters. The molecular formula is C20H20ClN3O. The van der Waals surface area contributed by atoms with E-state index in [-0.39, 0.29) is 6.23 Å². The molecule has 0 bridgehead atoms. The molecule has 0 aliphatic carbocycles. The second-order valence-electron chi connectivity index (χ2n) is 6.56. The first-order valence-electron chi connectivity index (χ1n) is 8.27. The third-order valence-electron chi connectivity index (χ3n) is 4.77. The van der Waals surface area contributed by atoms with Crippen molar-refractivity contribution in [2.45, 2.75) is 13.2 Å². The molecule has 1 unspecified atom stereocenters. The number of fused-ring (bicyclic) bond motifs is 5. The largest absolute Gasteiger partial charge is 0.458 e. The lowest BCUT2D eigenvalue weighted by molar-refractivity contribution is 0.0788. The van der Waals surface area contributed by atoms with Gasteiger partial charge in [-0.3, -0.25) is 4.90 Å². The molecule has 0 spiro atoms. The Labute approximate surface area is 151 Å². The fourth-order valence-electron chi connectivity index (χ4n) is 3.20. The summed E-state index contributed by atoms with van der Waals surface area (Å²) in [7, 11) is 6.01. The van der Waals surface area contributed by atoms with Gasteiger partial charge in [0.2, 0.25) is 5.88 Å². The lowest BCUT2D eigenvalue weighted by atomic mass is 10.1. The molecule has 25 heavy (non-hydrogen) atoms. The van der Waals surface area contributed by atoms with Gasteiger partial charge in [0.05, 0.1) is 5.52 Å². The summed E-state index contributed by atoms with van der Waals surface area (Å²) >= 11 is 6.25. The first-order valence-corrected chi connectivity index (χ1v) is 8.64. The number of nitrogens with zero attached hydrogens (tertiary/aromatic N) is 3. The van der Waals surface area contributed by atoms with Crippen LogP contribution in [0.1, 0.15) is 6.92 Å². The van der Waals surface area contributed by atoms with Gasteiger partial charge in [-0.05, 0) is 50.7 Å². The first-order chi connectivity index (χ1) is 12.0. The number of hydrogen-bond donors (Lipinski definition) is 0. The van der Waals surface area contributed by atoms with Crippen LogP contribution in [0.3, 0.4) is 0 Å². The van der Waals surface area contributed by atoms with E-state index < -0.39 is 0 Å². The average Bonchev–Trinajstić information content (AvgIpc) is 2.87. The van der Waals surface area contributed by atoms with Crippen molar-refractivity contribution < 1.29 is 4.74 Å². The fraction of sp³-hybridized carbons (Fsp3) is 0.250. The van der Waals surface area contributed by atoms with Crippen molar-refractivity contribution in [2.75, 3.05) is 14.1 Å². The molecule has 0 saturated carbocycles. The highest BCUT2D eigenvalue weighted by atomic mass is 35.5. The van der Waals surface area contributed by atoms with Crippen LogP contribution < -0.4 is 4.74 Å². The molecule has 4 rings (SSSR count). The van der Waals surface area contributed by atoms with Gasteiger partial charge >= 0.3 is 0 Å². The third kappa shape index (κ3) is 2.53. The van der Waals surface area contributed by atoms with E-state index in [4.69, 9.17) is 21.3 Å². The molecule has 0 aliphatic heterocycles. The monoisotopic (exact) mass is 353 g/mol. The van der Waals surface area contributed by atoms with Crippen molar-refractivity contribution in [3.8, 4) is 5.88 Å². The molecule has 0 saturated heterocycles. The van der Waals surface area contributed by atoms with Crippen molar-refractivity contribution in [3.63, 3.8) is 0 Å². The number of aromatic nitrogens is 2. The number of benzene rings is 2. The minimum Gasteiger partial charge on any atom is -0.458 e. The Kier molecular flexibility index (Phi) is 3.82. The molecular weight excluding hydrogens is 334 g/mol. The van der Waals surface area contributed by atoms with Gasteiger partial charge in [0, 0.05) is 28.2 Å². The maximum Gasteiger partial charge on any atom is 0.224 e. The smallest absolute Gasteiger partial charge is 0.224 e. The van der Waals surface area contributed by atoms with Gasteiger partial charge < -0.3 is 9.30 Å². The fourth-order valence-corrected chi connectivity index (χ4v) is 3.37. The molecule has 2 aromatic heterocycles. The van der Waals surface area contributed by atoms with Crippen molar-refractivity contribution in [1.82, 2.24) is 14.5 Å². The number of halogens is 1. The molecule has 2 aromatic carbocycles. The average molecular weight is 354 g/mol. The zero-order valence-electron chi connectivity index (χ0n) is 14.7. The SMILES string of the molecule is CC(Oc1nc2c(c3ccccc13)c1cc(Cl)ccc1n2C)N(C)C. The highest BCUT2D eigenvalue weighted by Crippen LogP contribution is 2.37. The first kappa shape index (κ1) is 16.2. The number of rotatable bonds is 3. The predicted octanol–water partition coefficient (Wildman–Crippen LogP) is 4.82. The van der Waals surface area contributed by atoms with Crippen LogP contribution in [0, 0.1) is 0 Å². The Morgan fingerprint density at radius 2 is 1.80 bits per heavy atom. The molecule has 128 valence electrons. The van der Waals surface area contributed by atoms with Crippen molar-refractivity contribution in [2.24, 2.45) is 7.05 Å². The zero-order valence-corrected chi connectivity index (χ0v) is 15.5. The quantitative estimate of drug-likeness (QED) is 0.495. The Hall–Kier alpha value is -2.30. The summed E-state index contributed by atoms with van der Waals surface area (Å²) in [5.41, 5.74) is 2.01. The highest BCUT2D eigenvalue weighted by Gasteiger charge is 2.18. The summed E-state index contributed by atoms with van der Waals surface area (Å²) in [6.07, 6.45) is -0.0718. The van der Waals surface area contributed by atoms with Crippen molar-refractivity contribution in [3.05, 3.63) is 47.5 Å². The topological polar surface area (TPSA) is 30.3 Å². The lowest BCUT2D eigenvalue weighted by Gasteiger charge is -2.21. The van der Waals surface area contributed by atoms with Crippen LogP contribution in [-0.2, 0) is 7.05 Å². The lowest BCUT2D eigenvalue weighted by Crippen LogP contribution is -2.30. The molecule has 0 aliphatic rings. The highest BCUT2D eigenvalue weighted by molar-refractivity contribution is 6.32. The van der Waals surface area contributed by atoms with E-state index in [1.54, 1.807) is 0 Å². The van der Waals surface area contributed by atoms with Crippen molar-refractivity contribution >= 4 is 44.3 Å². The predicted molar refractivity (Wildman–Crippen MR) is 105 cm³/mol. The molecule has 5 heteroatoms. The van der Waals surface area contributed by atoms with Gasteiger partial charge in [-0.2, -0.15) is 4.98 Å². The van der Waals surface area contributed by atoms with E-state index in [0.29, 0.717) is 5.88 Å². The van der Waals surface area contributed by atoms with Crippen LogP contribution in [0.15, 0.2) is 42.5 Å². The van der Waals surface area contributed by atoms with E-state index >= 15 is 0 Å². The molecule has 4 aromatic rings. The summed E-state index contributed by atoms with van der Waals surface area (Å²) in [5.74, 6) is 0.654. The number of pyridine rings is 1.